The molecule has 1 saturated heterocycles. The van der Waals surface area contributed by atoms with Gasteiger partial charge in [0.15, 0.2) is 6.73 Å². The van der Waals surface area contributed by atoms with Gasteiger partial charge in [-0.1, -0.05) is 42.5 Å². The van der Waals surface area contributed by atoms with Gasteiger partial charge in [-0.25, -0.2) is 4.90 Å². The van der Waals surface area contributed by atoms with E-state index in [1.807, 2.05) is 30.3 Å². The van der Waals surface area contributed by atoms with E-state index in [4.69, 9.17) is 10.5 Å². The minimum Gasteiger partial charge on any atom is -0.443 e. The summed E-state index contributed by atoms with van der Waals surface area (Å²) < 4.78 is 5.11. The lowest BCUT2D eigenvalue weighted by atomic mass is 10.0. The molecule has 164 valence electrons. The summed E-state index contributed by atoms with van der Waals surface area (Å²) >= 11 is 0. The van der Waals surface area contributed by atoms with Crippen molar-refractivity contribution in [3.05, 3.63) is 71.3 Å². The maximum absolute atomic E-state index is 13.0. The number of nitrogens with two attached hydrogens (primary N) is 1. The number of esters is 1. The Bertz CT molecular complexity index is 1060. The summed E-state index contributed by atoms with van der Waals surface area (Å²) in [5.41, 5.74) is 7.16. The molecule has 2 heterocycles. The zero-order valence-corrected chi connectivity index (χ0v) is 17.1. The first-order valence-corrected chi connectivity index (χ1v) is 10.2. The number of hydrogen-bond donors (Lipinski definition) is 1. The molecule has 0 aliphatic carbocycles. The summed E-state index contributed by atoms with van der Waals surface area (Å²) in [6.07, 6.45) is 0.178. The summed E-state index contributed by atoms with van der Waals surface area (Å²) in [6.45, 7) is -0.626. The van der Waals surface area contributed by atoms with E-state index in [2.05, 4.69) is 0 Å². The van der Waals surface area contributed by atoms with Crippen molar-refractivity contribution >= 4 is 29.6 Å². The first-order valence-electron chi connectivity index (χ1n) is 10.2. The summed E-state index contributed by atoms with van der Waals surface area (Å²) in [6, 6.07) is 13.3. The van der Waals surface area contributed by atoms with Crippen molar-refractivity contribution < 1.29 is 28.7 Å². The van der Waals surface area contributed by atoms with E-state index in [0.717, 1.165) is 15.4 Å². The first kappa shape index (κ1) is 21.4. The lowest BCUT2D eigenvalue weighted by Crippen LogP contribution is -2.56. The maximum Gasteiger partial charge on any atom is 0.324 e. The Hall–Kier alpha value is -3.85. The predicted molar refractivity (Wildman–Crippen MR) is 111 cm³/mol. The zero-order chi connectivity index (χ0) is 22.8. The fourth-order valence-electron chi connectivity index (χ4n) is 3.87. The summed E-state index contributed by atoms with van der Waals surface area (Å²) in [5.74, 6) is -3.25. The van der Waals surface area contributed by atoms with Gasteiger partial charge in [-0.05, 0) is 30.5 Å². The highest BCUT2D eigenvalue weighted by molar-refractivity contribution is 6.23. The Morgan fingerprint density at radius 1 is 0.969 bits per heavy atom. The number of imide groups is 2. The van der Waals surface area contributed by atoms with Crippen LogP contribution in [0.3, 0.4) is 0 Å². The molecule has 0 aromatic heterocycles. The molecule has 0 spiro atoms. The van der Waals surface area contributed by atoms with Crippen LogP contribution in [0.15, 0.2) is 54.6 Å². The van der Waals surface area contributed by atoms with Crippen molar-refractivity contribution in [3.8, 4) is 0 Å². The Morgan fingerprint density at radius 3 is 2.19 bits per heavy atom. The van der Waals surface area contributed by atoms with Crippen LogP contribution >= 0.6 is 0 Å². The molecule has 1 fully saturated rings. The number of ether oxygens (including phenoxy) is 1. The molecule has 0 saturated carbocycles. The largest absolute Gasteiger partial charge is 0.443 e. The molecule has 2 N–H and O–H groups in total. The van der Waals surface area contributed by atoms with Crippen molar-refractivity contribution in [2.45, 2.75) is 31.3 Å². The van der Waals surface area contributed by atoms with E-state index in [1.54, 1.807) is 12.1 Å². The van der Waals surface area contributed by atoms with Crippen LogP contribution < -0.4 is 5.73 Å². The van der Waals surface area contributed by atoms with Crippen LogP contribution in [0, 0.1) is 0 Å². The maximum atomic E-state index is 13.0. The third kappa shape index (κ3) is 3.90. The van der Waals surface area contributed by atoms with E-state index >= 15 is 0 Å². The number of rotatable bonds is 6. The molecule has 2 atom stereocenters. The third-order valence-electron chi connectivity index (χ3n) is 5.56. The number of likely N-dealkylation sites (tertiary alicyclic amines) is 1. The molecule has 4 rings (SSSR count). The third-order valence-corrected chi connectivity index (χ3v) is 5.56. The highest BCUT2D eigenvalue weighted by Crippen LogP contribution is 2.29. The smallest absolute Gasteiger partial charge is 0.324 e. The zero-order valence-electron chi connectivity index (χ0n) is 17.1. The van der Waals surface area contributed by atoms with E-state index in [9.17, 15) is 24.0 Å². The number of carbonyl (C=O) groups is 5. The topological polar surface area (TPSA) is 127 Å². The van der Waals surface area contributed by atoms with Gasteiger partial charge < -0.3 is 10.5 Å². The number of hydrogen-bond acceptors (Lipinski definition) is 7. The van der Waals surface area contributed by atoms with Crippen molar-refractivity contribution in [3.63, 3.8) is 0 Å². The van der Waals surface area contributed by atoms with Crippen LogP contribution in [0.1, 0.15) is 39.1 Å². The molecular weight excluding hydrogens is 414 g/mol. The molecule has 2 unspecified atom stereocenters. The Kier molecular flexibility index (Phi) is 5.83. The van der Waals surface area contributed by atoms with Gasteiger partial charge >= 0.3 is 5.97 Å². The number of carbonyl (C=O) groups excluding carboxylic acids is 5. The second kappa shape index (κ2) is 8.72. The van der Waals surface area contributed by atoms with Crippen LogP contribution in [0.25, 0.3) is 0 Å². The van der Waals surface area contributed by atoms with E-state index < -0.39 is 48.4 Å². The highest BCUT2D eigenvalue weighted by atomic mass is 16.5. The Balaban J connectivity index is 1.42. The standard InChI is InChI=1S/C23H21N3O6/c24-17(12-14-6-2-1-3-7-14)23(31)32-13-25-19(27)11-10-18(22(25)30)26-20(28)15-8-4-5-9-16(15)21(26)29/h1-9,17-18H,10-13,24H2. The summed E-state index contributed by atoms with van der Waals surface area (Å²) in [5, 5.41) is 0. The minimum absolute atomic E-state index is 0.0150. The SMILES string of the molecule is NC(Cc1ccccc1)C(=O)OCN1C(=O)CCC(N2C(=O)c3ccccc3C2=O)C1=O. The second-order valence-electron chi connectivity index (χ2n) is 7.63. The normalized spacial score (nSPS) is 19.2. The fraction of sp³-hybridized carbons (Fsp3) is 0.261. The number of benzene rings is 2. The molecule has 2 aromatic rings. The number of nitrogens with zero attached hydrogens (tertiary/aromatic N) is 2. The van der Waals surface area contributed by atoms with Crippen molar-refractivity contribution in [1.82, 2.24) is 9.80 Å². The van der Waals surface area contributed by atoms with Crippen LogP contribution in [-0.2, 0) is 25.5 Å². The van der Waals surface area contributed by atoms with Crippen LogP contribution in [0.2, 0.25) is 0 Å². The average Bonchev–Trinajstić information content (AvgIpc) is 3.05. The van der Waals surface area contributed by atoms with Gasteiger partial charge in [-0.3, -0.25) is 28.9 Å². The van der Waals surface area contributed by atoms with Crippen LogP contribution in [0.4, 0.5) is 0 Å². The average molecular weight is 435 g/mol. The molecular formula is C23H21N3O6. The Morgan fingerprint density at radius 2 is 1.56 bits per heavy atom. The van der Waals surface area contributed by atoms with Crippen molar-refractivity contribution in [1.29, 1.82) is 0 Å². The van der Waals surface area contributed by atoms with Crippen molar-refractivity contribution in [2.24, 2.45) is 5.73 Å². The van der Waals surface area contributed by atoms with Gasteiger partial charge in [0.2, 0.25) is 5.91 Å². The predicted octanol–water partition coefficient (Wildman–Crippen LogP) is 0.871. The minimum atomic E-state index is -1.14. The molecule has 9 heteroatoms. The molecule has 0 bridgehead atoms. The van der Waals surface area contributed by atoms with Gasteiger partial charge in [0.05, 0.1) is 11.1 Å². The Labute approximate surface area is 183 Å². The molecule has 4 amide bonds. The first-order chi connectivity index (χ1) is 15.4. The van der Waals surface area contributed by atoms with E-state index in [1.165, 1.54) is 12.1 Å². The molecule has 32 heavy (non-hydrogen) atoms. The highest BCUT2D eigenvalue weighted by Gasteiger charge is 2.47. The van der Waals surface area contributed by atoms with Gasteiger partial charge in [-0.15, -0.1) is 0 Å². The van der Waals surface area contributed by atoms with Gasteiger partial charge in [0, 0.05) is 6.42 Å². The monoisotopic (exact) mass is 435 g/mol. The van der Waals surface area contributed by atoms with Crippen LogP contribution in [-0.4, -0.2) is 58.2 Å². The fourth-order valence-corrected chi connectivity index (χ4v) is 3.87. The van der Waals surface area contributed by atoms with Crippen molar-refractivity contribution in [2.75, 3.05) is 6.73 Å². The van der Waals surface area contributed by atoms with Crippen LogP contribution in [0.5, 0.6) is 0 Å². The number of fused-ring (bicyclic) bond motifs is 1. The second-order valence-corrected chi connectivity index (χ2v) is 7.63. The van der Waals surface area contributed by atoms with E-state index in [0.29, 0.717) is 0 Å². The van der Waals surface area contributed by atoms with Gasteiger partial charge in [-0.2, -0.15) is 0 Å². The number of piperidine rings is 1. The molecule has 2 aliphatic rings. The lowest BCUT2D eigenvalue weighted by Gasteiger charge is -2.34. The molecule has 2 aliphatic heterocycles. The summed E-state index contributed by atoms with van der Waals surface area (Å²) in [7, 11) is 0. The molecule has 2 aromatic carbocycles. The van der Waals surface area contributed by atoms with Gasteiger partial charge in [0.25, 0.3) is 17.7 Å². The molecule has 9 nitrogen and oxygen atoms in total. The lowest BCUT2D eigenvalue weighted by molar-refractivity contribution is -0.164. The quantitative estimate of drug-likeness (QED) is 0.527. The molecule has 0 radical (unpaired) electrons. The summed E-state index contributed by atoms with van der Waals surface area (Å²) in [4.78, 5) is 64.6. The van der Waals surface area contributed by atoms with Gasteiger partial charge in [0.1, 0.15) is 12.1 Å². The van der Waals surface area contributed by atoms with E-state index in [-0.39, 0.29) is 30.4 Å². The number of amides is 4.